The number of rotatable bonds is 4. The molecule has 0 heterocycles. The number of fused-ring (bicyclic) bond motifs is 3. The lowest BCUT2D eigenvalue weighted by Crippen LogP contribution is -2.13. The molecule has 0 amide bonds. The monoisotopic (exact) mass is 446 g/mol. The molecule has 2 nitrogen and oxygen atoms in total. The molecule has 0 N–H and O–H groups in total. The Bertz CT molecular complexity index is 1630. The lowest BCUT2D eigenvalue weighted by atomic mass is 9.85. The Balaban J connectivity index is 1.70. The Kier molecular flexibility index (Phi) is 4.49. The van der Waals surface area contributed by atoms with Crippen LogP contribution in [0.3, 0.4) is 0 Å². The first-order valence-electron chi connectivity index (χ1n) is 10.8. The number of halogens is 2. The molecule has 1 aliphatic carbocycles. The summed E-state index contributed by atoms with van der Waals surface area (Å²) >= 11 is 0. The van der Waals surface area contributed by atoms with Gasteiger partial charge in [0.1, 0.15) is 11.6 Å². The molecule has 1 aliphatic rings. The molecule has 5 aromatic rings. The summed E-state index contributed by atoms with van der Waals surface area (Å²) in [6.45, 7) is 0. The fourth-order valence-corrected chi connectivity index (χ4v) is 4.80. The van der Waals surface area contributed by atoms with Crippen molar-refractivity contribution in [1.29, 1.82) is 0 Å². The van der Waals surface area contributed by atoms with Crippen molar-refractivity contribution in [2.45, 2.75) is 0 Å². The molecule has 0 saturated carbocycles. The highest BCUT2D eigenvalue weighted by Crippen LogP contribution is 2.50. The minimum Gasteiger partial charge on any atom is -0.289 e. The molecule has 34 heavy (non-hydrogen) atoms. The van der Waals surface area contributed by atoms with Crippen LogP contribution < -0.4 is 0 Å². The van der Waals surface area contributed by atoms with Crippen LogP contribution in [0, 0.1) is 11.6 Å². The normalized spacial score (nSPS) is 11.5. The molecular weight excluding hydrogens is 430 g/mol. The maximum absolute atomic E-state index is 13.9. The number of carbonyl (C=O) groups excluding carboxylic acids is 2. The molecular formula is C30H16F2O2. The van der Waals surface area contributed by atoms with Crippen LogP contribution in [0.4, 0.5) is 8.78 Å². The van der Waals surface area contributed by atoms with Crippen LogP contribution in [0.25, 0.3) is 33.0 Å². The highest BCUT2D eigenvalue weighted by Gasteiger charge is 2.31. The molecule has 5 aromatic carbocycles. The maximum atomic E-state index is 13.9. The number of benzene rings is 5. The summed E-state index contributed by atoms with van der Waals surface area (Å²) in [5.41, 5.74) is 4.62. The van der Waals surface area contributed by atoms with Crippen molar-refractivity contribution in [3.05, 3.63) is 131 Å². The summed E-state index contributed by atoms with van der Waals surface area (Å²) in [7, 11) is 0. The van der Waals surface area contributed by atoms with Gasteiger partial charge < -0.3 is 0 Å². The topological polar surface area (TPSA) is 34.1 Å². The average Bonchev–Trinajstić information content (AvgIpc) is 3.20. The predicted octanol–water partition coefficient (Wildman–Crippen LogP) is 7.23. The first-order valence-corrected chi connectivity index (χ1v) is 10.8. The Morgan fingerprint density at radius 3 is 1.76 bits per heavy atom. The maximum Gasteiger partial charge on any atom is 0.194 e. The van der Waals surface area contributed by atoms with Crippen molar-refractivity contribution < 1.29 is 18.4 Å². The van der Waals surface area contributed by atoms with Gasteiger partial charge in [-0.15, -0.1) is 0 Å². The van der Waals surface area contributed by atoms with Crippen molar-refractivity contribution in [2.75, 3.05) is 0 Å². The van der Waals surface area contributed by atoms with E-state index in [0.29, 0.717) is 5.56 Å². The summed E-state index contributed by atoms with van der Waals surface area (Å²) in [6, 6.07) is 26.0. The number of hydrogen-bond acceptors (Lipinski definition) is 2. The van der Waals surface area contributed by atoms with Crippen LogP contribution in [0.15, 0.2) is 97.1 Å². The molecule has 0 saturated heterocycles. The fraction of sp³-hybridized carbons (Fsp3) is 0. The van der Waals surface area contributed by atoms with Gasteiger partial charge in [-0.05, 0) is 82.1 Å². The van der Waals surface area contributed by atoms with Gasteiger partial charge in [0.05, 0.1) is 0 Å². The summed E-state index contributed by atoms with van der Waals surface area (Å²) in [5.74, 6) is -1.64. The Morgan fingerprint density at radius 2 is 1.12 bits per heavy atom. The van der Waals surface area contributed by atoms with E-state index in [-0.39, 0.29) is 33.8 Å². The third-order valence-corrected chi connectivity index (χ3v) is 6.34. The summed E-state index contributed by atoms with van der Waals surface area (Å²) < 4.78 is 27.1. The largest absolute Gasteiger partial charge is 0.289 e. The highest BCUT2D eigenvalue weighted by atomic mass is 19.1. The standard InChI is InChI=1S/C30H16F2O2/c31-20-12-8-17(9-13-20)29(33)25-16-19-4-3-7-23-22-5-1-2-6-24(22)27(26(19)23)28(25)30(34)18-10-14-21(32)15-11-18/h1-16H. The number of ketones is 2. The highest BCUT2D eigenvalue weighted by molar-refractivity contribution is 6.29. The molecule has 4 heteroatoms. The zero-order valence-electron chi connectivity index (χ0n) is 17.8. The zero-order valence-corrected chi connectivity index (χ0v) is 17.8. The summed E-state index contributed by atoms with van der Waals surface area (Å²) in [6.07, 6.45) is 0. The van der Waals surface area contributed by atoms with E-state index < -0.39 is 11.6 Å². The second kappa shape index (κ2) is 7.56. The first kappa shape index (κ1) is 20.2. The quantitative estimate of drug-likeness (QED) is 0.268. The van der Waals surface area contributed by atoms with Gasteiger partial charge in [0.25, 0.3) is 0 Å². The molecule has 0 aromatic heterocycles. The van der Waals surface area contributed by atoms with Crippen LogP contribution in [0.1, 0.15) is 31.8 Å². The van der Waals surface area contributed by atoms with Crippen LogP contribution in [0.5, 0.6) is 0 Å². The van der Waals surface area contributed by atoms with Gasteiger partial charge in [-0.1, -0.05) is 42.5 Å². The van der Waals surface area contributed by atoms with Crippen molar-refractivity contribution >= 4 is 22.3 Å². The first-order chi connectivity index (χ1) is 16.5. The predicted molar refractivity (Wildman–Crippen MR) is 128 cm³/mol. The Morgan fingerprint density at radius 1 is 0.559 bits per heavy atom. The molecule has 0 atom stereocenters. The van der Waals surface area contributed by atoms with Gasteiger partial charge in [0.15, 0.2) is 11.6 Å². The minimum absolute atomic E-state index is 0.234. The molecule has 0 radical (unpaired) electrons. The van der Waals surface area contributed by atoms with Crippen molar-refractivity contribution in [2.24, 2.45) is 0 Å². The second-order valence-electron chi connectivity index (χ2n) is 8.30. The molecule has 0 fully saturated rings. The van der Waals surface area contributed by atoms with Crippen LogP contribution in [-0.4, -0.2) is 11.6 Å². The summed E-state index contributed by atoms with van der Waals surface area (Å²) in [4.78, 5) is 27.6. The number of carbonyl (C=O) groups is 2. The van der Waals surface area contributed by atoms with E-state index in [2.05, 4.69) is 0 Å². The van der Waals surface area contributed by atoms with Gasteiger partial charge in [0, 0.05) is 27.8 Å². The van der Waals surface area contributed by atoms with E-state index >= 15 is 0 Å². The molecule has 0 aliphatic heterocycles. The second-order valence-corrected chi connectivity index (χ2v) is 8.30. The SMILES string of the molecule is O=C(c1ccc(F)cc1)c1cc2cccc3c2c(c1C(=O)c1ccc(F)cc1)-c1ccccc1-3. The lowest BCUT2D eigenvalue weighted by Gasteiger charge is -2.15. The van der Waals surface area contributed by atoms with Crippen LogP contribution in [-0.2, 0) is 0 Å². The molecule has 0 bridgehead atoms. The van der Waals surface area contributed by atoms with Crippen LogP contribution >= 0.6 is 0 Å². The van der Waals surface area contributed by atoms with Gasteiger partial charge in [0.2, 0.25) is 0 Å². The molecule has 0 spiro atoms. The zero-order chi connectivity index (χ0) is 23.4. The fourth-order valence-electron chi connectivity index (χ4n) is 4.80. The van der Waals surface area contributed by atoms with Gasteiger partial charge in [-0.2, -0.15) is 0 Å². The van der Waals surface area contributed by atoms with E-state index in [4.69, 9.17) is 0 Å². The van der Waals surface area contributed by atoms with E-state index in [9.17, 15) is 18.4 Å². The third-order valence-electron chi connectivity index (χ3n) is 6.34. The minimum atomic E-state index is -0.449. The lowest BCUT2D eigenvalue weighted by molar-refractivity contribution is 0.100. The van der Waals surface area contributed by atoms with Crippen molar-refractivity contribution in [3.63, 3.8) is 0 Å². The van der Waals surface area contributed by atoms with Crippen molar-refractivity contribution in [1.82, 2.24) is 0 Å². The summed E-state index contributed by atoms with van der Waals surface area (Å²) in [5, 5.41) is 1.75. The van der Waals surface area contributed by atoms with Crippen LogP contribution in [0.2, 0.25) is 0 Å². The van der Waals surface area contributed by atoms with Gasteiger partial charge >= 0.3 is 0 Å². The van der Waals surface area contributed by atoms with E-state index in [1.807, 2.05) is 42.5 Å². The number of hydrogen-bond donors (Lipinski definition) is 0. The van der Waals surface area contributed by atoms with E-state index in [1.54, 1.807) is 6.07 Å². The molecule has 0 unspecified atom stereocenters. The third kappa shape index (κ3) is 3.00. The average molecular weight is 446 g/mol. The Hall–Kier alpha value is -4.44. The van der Waals surface area contributed by atoms with E-state index in [1.165, 1.54) is 48.5 Å². The van der Waals surface area contributed by atoms with Crippen molar-refractivity contribution in [3.8, 4) is 22.3 Å². The van der Waals surface area contributed by atoms with Gasteiger partial charge in [-0.25, -0.2) is 8.78 Å². The molecule has 162 valence electrons. The van der Waals surface area contributed by atoms with E-state index in [0.717, 1.165) is 27.5 Å². The Labute approximate surface area is 194 Å². The smallest absolute Gasteiger partial charge is 0.194 e. The molecule has 6 rings (SSSR count). The van der Waals surface area contributed by atoms with Gasteiger partial charge in [-0.3, -0.25) is 9.59 Å².